The Kier molecular flexibility index (Phi) is 6.85. The number of benzene rings is 1. The van der Waals surface area contributed by atoms with Crippen LogP contribution in [0.15, 0.2) is 28.5 Å². The molecule has 152 valence electrons. The number of fused-ring (bicyclic) bond motifs is 1. The van der Waals surface area contributed by atoms with Crippen molar-refractivity contribution in [3.8, 4) is 0 Å². The van der Waals surface area contributed by atoms with Gasteiger partial charge >= 0.3 is 0 Å². The third-order valence-electron chi connectivity index (χ3n) is 4.80. The van der Waals surface area contributed by atoms with Gasteiger partial charge in [0.1, 0.15) is 0 Å². The van der Waals surface area contributed by atoms with E-state index in [9.17, 15) is 13.2 Å². The molecule has 2 N–H and O–H groups in total. The van der Waals surface area contributed by atoms with Crippen LogP contribution in [0.2, 0.25) is 0 Å². The van der Waals surface area contributed by atoms with Crippen molar-refractivity contribution in [3.63, 3.8) is 0 Å². The molecule has 0 bridgehead atoms. The van der Waals surface area contributed by atoms with Crippen molar-refractivity contribution in [1.82, 2.24) is 15.0 Å². The average Bonchev–Trinajstić information content (AvgIpc) is 3.15. The summed E-state index contributed by atoms with van der Waals surface area (Å²) in [5.41, 5.74) is 3.19. The number of nitrogens with zero attached hydrogens (tertiary/aromatic N) is 1. The molecule has 28 heavy (non-hydrogen) atoms. The number of aryl methyl sites for hydroxylation is 2. The molecule has 0 aliphatic heterocycles. The van der Waals surface area contributed by atoms with E-state index in [0.717, 1.165) is 41.9 Å². The maximum atomic E-state index is 12.5. The highest BCUT2D eigenvalue weighted by Gasteiger charge is 2.18. The Morgan fingerprint density at radius 3 is 2.68 bits per heavy atom. The van der Waals surface area contributed by atoms with Crippen LogP contribution >= 0.6 is 11.3 Å². The lowest BCUT2D eigenvalue weighted by Crippen LogP contribution is -2.30. The highest BCUT2D eigenvalue weighted by Crippen LogP contribution is 2.24. The molecule has 1 aliphatic rings. The second kappa shape index (κ2) is 9.15. The summed E-state index contributed by atoms with van der Waals surface area (Å²) in [5.74, 6) is 0.166. The Morgan fingerprint density at radius 1 is 1.21 bits per heavy atom. The van der Waals surface area contributed by atoms with E-state index in [1.807, 2.05) is 11.4 Å². The van der Waals surface area contributed by atoms with Crippen molar-refractivity contribution < 1.29 is 13.2 Å². The number of amides is 1. The first-order valence-electron chi connectivity index (χ1n) is 9.67. The third kappa shape index (κ3) is 5.40. The van der Waals surface area contributed by atoms with Gasteiger partial charge in [-0.2, -0.15) is 0 Å². The summed E-state index contributed by atoms with van der Waals surface area (Å²) < 4.78 is 27.5. The van der Waals surface area contributed by atoms with E-state index in [0.29, 0.717) is 12.5 Å². The van der Waals surface area contributed by atoms with Crippen LogP contribution in [0.3, 0.4) is 0 Å². The van der Waals surface area contributed by atoms with Gasteiger partial charge in [0.2, 0.25) is 15.9 Å². The largest absolute Gasteiger partial charge is 0.350 e. The Balaban J connectivity index is 1.47. The zero-order valence-corrected chi connectivity index (χ0v) is 18.0. The lowest BCUT2D eigenvalue weighted by atomic mass is 9.92. The van der Waals surface area contributed by atoms with Crippen LogP contribution in [-0.2, 0) is 34.2 Å². The van der Waals surface area contributed by atoms with Crippen molar-refractivity contribution in [2.45, 2.75) is 63.3 Å². The molecule has 1 heterocycles. The van der Waals surface area contributed by atoms with Gasteiger partial charge in [0.15, 0.2) is 0 Å². The fourth-order valence-corrected chi connectivity index (χ4v) is 5.12. The highest BCUT2D eigenvalue weighted by molar-refractivity contribution is 7.89. The molecule has 1 aromatic heterocycles. The summed E-state index contributed by atoms with van der Waals surface area (Å²) in [6.45, 7) is 4.59. The lowest BCUT2D eigenvalue weighted by molar-refractivity contribution is -0.121. The fourth-order valence-electron chi connectivity index (χ4n) is 3.21. The van der Waals surface area contributed by atoms with E-state index in [1.54, 1.807) is 23.5 Å². The molecule has 0 atom stereocenters. The highest BCUT2D eigenvalue weighted by atomic mass is 32.2. The number of rotatable bonds is 8. The Bertz CT molecular complexity index is 936. The van der Waals surface area contributed by atoms with Crippen LogP contribution in [0.5, 0.6) is 0 Å². The Morgan fingerprint density at radius 2 is 1.96 bits per heavy atom. The van der Waals surface area contributed by atoms with Gasteiger partial charge in [-0.1, -0.05) is 19.9 Å². The van der Waals surface area contributed by atoms with Gasteiger partial charge in [-0.25, -0.2) is 18.1 Å². The minimum Gasteiger partial charge on any atom is -0.350 e. The van der Waals surface area contributed by atoms with Gasteiger partial charge in [0.25, 0.3) is 0 Å². The second-order valence-electron chi connectivity index (χ2n) is 7.39. The van der Waals surface area contributed by atoms with Crippen LogP contribution in [0, 0.1) is 0 Å². The van der Waals surface area contributed by atoms with E-state index in [-0.39, 0.29) is 23.8 Å². The summed E-state index contributed by atoms with van der Waals surface area (Å²) in [6, 6.07) is 5.33. The Hall–Kier alpha value is -1.77. The average molecular weight is 422 g/mol. The van der Waals surface area contributed by atoms with Crippen LogP contribution in [0.4, 0.5) is 0 Å². The van der Waals surface area contributed by atoms with Crippen LogP contribution in [0.25, 0.3) is 0 Å². The molecule has 1 aliphatic carbocycles. The molecule has 0 saturated carbocycles. The van der Waals surface area contributed by atoms with Crippen LogP contribution in [-0.4, -0.2) is 25.9 Å². The molecule has 6 nitrogen and oxygen atoms in total. The summed E-state index contributed by atoms with van der Waals surface area (Å²) in [4.78, 5) is 16.7. The van der Waals surface area contributed by atoms with Gasteiger partial charge in [0, 0.05) is 24.3 Å². The fraction of sp³-hybridized carbons (Fsp3) is 0.500. The van der Waals surface area contributed by atoms with E-state index in [1.165, 1.54) is 5.56 Å². The zero-order valence-electron chi connectivity index (χ0n) is 16.3. The van der Waals surface area contributed by atoms with Crippen molar-refractivity contribution in [2.75, 3.05) is 6.54 Å². The van der Waals surface area contributed by atoms with Gasteiger partial charge in [-0.3, -0.25) is 4.79 Å². The molecule has 0 fully saturated rings. The molecule has 8 heteroatoms. The van der Waals surface area contributed by atoms with Crippen molar-refractivity contribution in [1.29, 1.82) is 0 Å². The van der Waals surface area contributed by atoms with E-state index < -0.39 is 10.0 Å². The molecule has 0 spiro atoms. The maximum Gasteiger partial charge on any atom is 0.240 e. The quantitative estimate of drug-likeness (QED) is 0.685. The minimum absolute atomic E-state index is 0.0690. The number of hydrogen-bond acceptors (Lipinski definition) is 5. The first kappa shape index (κ1) is 21.0. The number of carbonyl (C=O) groups excluding carboxylic acids is 1. The molecule has 0 radical (unpaired) electrons. The predicted molar refractivity (Wildman–Crippen MR) is 111 cm³/mol. The van der Waals surface area contributed by atoms with Crippen molar-refractivity contribution in [2.24, 2.45) is 0 Å². The van der Waals surface area contributed by atoms with E-state index in [2.05, 4.69) is 28.9 Å². The summed E-state index contributed by atoms with van der Waals surface area (Å²) >= 11 is 1.58. The normalized spacial score (nSPS) is 14.1. The van der Waals surface area contributed by atoms with E-state index in [4.69, 9.17) is 0 Å². The number of hydrogen-bond donors (Lipinski definition) is 2. The Labute approximate surface area is 170 Å². The SMILES string of the molecule is CC(C)c1nc(CNC(=O)CCNS(=O)(=O)c2ccc3c(c2)CCCC3)cs1. The molecule has 2 aromatic rings. The van der Waals surface area contributed by atoms with Crippen LogP contribution < -0.4 is 10.0 Å². The van der Waals surface area contributed by atoms with Gasteiger partial charge in [-0.05, 0) is 48.9 Å². The summed E-state index contributed by atoms with van der Waals surface area (Å²) in [6.07, 6.45) is 4.29. The standard InChI is InChI=1S/C20H27N3O3S2/c1-14(2)20-23-17(13-27-20)12-21-19(24)9-10-22-28(25,26)18-8-7-15-5-3-4-6-16(15)11-18/h7-8,11,13-14,22H,3-6,9-10,12H2,1-2H3,(H,21,24). The number of thiazole rings is 1. The molecule has 0 saturated heterocycles. The topological polar surface area (TPSA) is 88.2 Å². The molecular formula is C20H27N3O3S2. The monoisotopic (exact) mass is 421 g/mol. The van der Waals surface area contributed by atoms with Crippen molar-refractivity contribution in [3.05, 3.63) is 45.4 Å². The van der Waals surface area contributed by atoms with Crippen molar-refractivity contribution >= 4 is 27.3 Å². The first-order chi connectivity index (χ1) is 13.3. The summed E-state index contributed by atoms with van der Waals surface area (Å²) in [7, 11) is -3.60. The number of aromatic nitrogens is 1. The number of nitrogens with one attached hydrogen (secondary N) is 2. The number of carbonyl (C=O) groups is 1. The molecule has 3 rings (SSSR count). The lowest BCUT2D eigenvalue weighted by Gasteiger charge is -2.16. The zero-order chi connectivity index (χ0) is 20.1. The third-order valence-corrected chi connectivity index (χ3v) is 7.46. The van der Waals surface area contributed by atoms with Crippen LogP contribution in [0.1, 0.15) is 60.9 Å². The smallest absolute Gasteiger partial charge is 0.240 e. The van der Waals surface area contributed by atoms with Gasteiger partial charge < -0.3 is 5.32 Å². The van der Waals surface area contributed by atoms with Gasteiger partial charge in [-0.15, -0.1) is 11.3 Å². The molecular weight excluding hydrogens is 394 g/mol. The first-order valence-corrected chi connectivity index (χ1v) is 12.0. The molecule has 1 aromatic carbocycles. The van der Waals surface area contributed by atoms with E-state index >= 15 is 0 Å². The predicted octanol–water partition coefficient (Wildman–Crippen LogP) is 3.13. The summed E-state index contributed by atoms with van der Waals surface area (Å²) in [5, 5.41) is 5.77. The molecule has 0 unspecified atom stereocenters. The molecule has 1 amide bonds. The van der Waals surface area contributed by atoms with Gasteiger partial charge in [0.05, 0.1) is 22.1 Å². The maximum absolute atomic E-state index is 12.5. The number of sulfonamides is 1. The second-order valence-corrected chi connectivity index (χ2v) is 10.1. The minimum atomic E-state index is -3.60.